The standard InChI is InChI=1S/C8H13BrO3/c1-6(7(2)10)3-4-12-8(11)5-9/h6H,3-5H2,1-2H3. The number of esters is 1. The summed E-state index contributed by atoms with van der Waals surface area (Å²) in [6.07, 6.45) is 0.605. The number of carbonyl (C=O) groups excluding carboxylic acids is 2. The molecule has 1 unspecified atom stereocenters. The van der Waals surface area contributed by atoms with Gasteiger partial charge in [-0.15, -0.1) is 0 Å². The molecule has 0 aromatic heterocycles. The third-order valence-corrected chi connectivity index (χ3v) is 2.07. The number of hydrogen-bond donors (Lipinski definition) is 0. The Labute approximate surface area is 80.6 Å². The van der Waals surface area contributed by atoms with E-state index in [2.05, 4.69) is 15.9 Å². The van der Waals surface area contributed by atoms with Crippen molar-refractivity contribution in [2.75, 3.05) is 11.9 Å². The van der Waals surface area contributed by atoms with Crippen molar-refractivity contribution < 1.29 is 14.3 Å². The Bertz CT molecular complexity index is 168. The summed E-state index contributed by atoms with van der Waals surface area (Å²) < 4.78 is 4.77. The molecule has 0 saturated carbocycles. The molecule has 0 amide bonds. The van der Waals surface area contributed by atoms with Crippen LogP contribution in [0.15, 0.2) is 0 Å². The Morgan fingerprint density at radius 2 is 2.08 bits per heavy atom. The summed E-state index contributed by atoms with van der Waals surface area (Å²) in [5.74, 6) is -0.177. The number of rotatable bonds is 5. The fourth-order valence-corrected chi connectivity index (χ4v) is 0.753. The van der Waals surface area contributed by atoms with E-state index in [0.29, 0.717) is 13.0 Å². The van der Waals surface area contributed by atoms with Gasteiger partial charge in [-0.3, -0.25) is 9.59 Å². The lowest BCUT2D eigenvalue weighted by Crippen LogP contribution is -2.13. The maximum Gasteiger partial charge on any atom is 0.316 e. The van der Waals surface area contributed by atoms with Crippen LogP contribution in [0.25, 0.3) is 0 Å². The number of alkyl halides is 1. The molecule has 70 valence electrons. The molecule has 0 aliphatic rings. The zero-order valence-corrected chi connectivity index (χ0v) is 8.89. The van der Waals surface area contributed by atoms with Crippen molar-refractivity contribution in [3.63, 3.8) is 0 Å². The number of hydrogen-bond acceptors (Lipinski definition) is 3. The SMILES string of the molecule is CC(=O)C(C)CCOC(=O)CBr. The molecule has 3 nitrogen and oxygen atoms in total. The van der Waals surface area contributed by atoms with E-state index in [1.54, 1.807) is 0 Å². The molecule has 1 atom stereocenters. The lowest BCUT2D eigenvalue weighted by molar-refractivity contribution is -0.141. The van der Waals surface area contributed by atoms with Gasteiger partial charge >= 0.3 is 5.97 Å². The molecule has 0 N–H and O–H groups in total. The van der Waals surface area contributed by atoms with Crippen LogP contribution in [0.5, 0.6) is 0 Å². The van der Waals surface area contributed by atoms with Crippen LogP contribution in [0.1, 0.15) is 20.3 Å². The van der Waals surface area contributed by atoms with Crippen LogP contribution in [0, 0.1) is 5.92 Å². The molecule has 0 fully saturated rings. The monoisotopic (exact) mass is 236 g/mol. The maximum absolute atomic E-state index is 10.7. The van der Waals surface area contributed by atoms with Gasteiger partial charge in [0.1, 0.15) is 11.1 Å². The van der Waals surface area contributed by atoms with Crippen molar-refractivity contribution in [2.45, 2.75) is 20.3 Å². The minimum Gasteiger partial charge on any atom is -0.465 e. The molecule has 0 saturated heterocycles. The fourth-order valence-electron chi connectivity index (χ4n) is 0.591. The molecule has 0 radical (unpaired) electrons. The average Bonchev–Trinajstić information content (AvgIpc) is 2.03. The van der Waals surface area contributed by atoms with Gasteiger partial charge in [0.15, 0.2) is 0 Å². The third kappa shape index (κ3) is 5.29. The van der Waals surface area contributed by atoms with Crippen molar-refractivity contribution in [1.82, 2.24) is 0 Å². The van der Waals surface area contributed by atoms with E-state index in [1.165, 1.54) is 6.92 Å². The molecule has 0 aromatic rings. The van der Waals surface area contributed by atoms with Crippen molar-refractivity contribution in [1.29, 1.82) is 0 Å². The summed E-state index contributed by atoms with van der Waals surface area (Å²) in [5, 5.41) is 0.210. The molecule has 12 heavy (non-hydrogen) atoms. The lowest BCUT2D eigenvalue weighted by Gasteiger charge is -2.06. The maximum atomic E-state index is 10.7. The van der Waals surface area contributed by atoms with Gasteiger partial charge in [0.05, 0.1) is 6.61 Å². The predicted molar refractivity (Wildman–Crippen MR) is 49.2 cm³/mol. The smallest absolute Gasteiger partial charge is 0.316 e. The highest BCUT2D eigenvalue weighted by atomic mass is 79.9. The minimum atomic E-state index is -0.286. The van der Waals surface area contributed by atoms with E-state index in [1.807, 2.05) is 6.92 Å². The number of carbonyl (C=O) groups is 2. The first-order valence-corrected chi connectivity index (χ1v) is 4.92. The highest BCUT2D eigenvalue weighted by molar-refractivity contribution is 9.09. The van der Waals surface area contributed by atoms with E-state index in [4.69, 9.17) is 4.74 Å². The van der Waals surface area contributed by atoms with E-state index in [0.717, 1.165) is 0 Å². The molecule has 4 heteroatoms. The average molecular weight is 237 g/mol. The van der Waals surface area contributed by atoms with E-state index >= 15 is 0 Å². The quantitative estimate of drug-likeness (QED) is 0.538. The zero-order chi connectivity index (χ0) is 9.56. The first kappa shape index (κ1) is 11.6. The predicted octanol–water partition coefficient (Wildman–Crippen LogP) is 1.54. The van der Waals surface area contributed by atoms with Crippen LogP contribution in [-0.4, -0.2) is 23.7 Å². The van der Waals surface area contributed by atoms with Gasteiger partial charge in [0.2, 0.25) is 0 Å². The molecule has 0 aromatic carbocycles. The summed E-state index contributed by atoms with van der Waals surface area (Å²) in [5.41, 5.74) is 0. The fraction of sp³-hybridized carbons (Fsp3) is 0.750. The molecule has 0 bridgehead atoms. The Balaban J connectivity index is 3.43. The molecule has 0 aliphatic carbocycles. The van der Waals surface area contributed by atoms with Gasteiger partial charge in [0, 0.05) is 5.92 Å². The van der Waals surface area contributed by atoms with Crippen LogP contribution in [0.4, 0.5) is 0 Å². The second-order valence-electron chi connectivity index (χ2n) is 2.65. The number of ketones is 1. The van der Waals surface area contributed by atoms with Crippen molar-refractivity contribution >= 4 is 27.7 Å². The molecule has 0 aliphatic heterocycles. The normalized spacial score (nSPS) is 12.2. The van der Waals surface area contributed by atoms with Crippen LogP contribution in [0.2, 0.25) is 0 Å². The molecular weight excluding hydrogens is 224 g/mol. The first-order valence-electron chi connectivity index (χ1n) is 3.80. The van der Waals surface area contributed by atoms with Crippen LogP contribution in [0.3, 0.4) is 0 Å². The minimum absolute atomic E-state index is 0.0203. The third-order valence-electron chi connectivity index (χ3n) is 1.62. The zero-order valence-electron chi connectivity index (χ0n) is 7.30. The second-order valence-corrected chi connectivity index (χ2v) is 3.22. The van der Waals surface area contributed by atoms with Gasteiger partial charge in [-0.25, -0.2) is 0 Å². The summed E-state index contributed by atoms with van der Waals surface area (Å²) >= 11 is 2.97. The first-order chi connectivity index (χ1) is 5.57. The molecule has 0 spiro atoms. The van der Waals surface area contributed by atoms with E-state index in [9.17, 15) is 9.59 Å². The van der Waals surface area contributed by atoms with Crippen LogP contribution in [-0.2, 0) is 14.3 Å². The number of halogens is 1. The molecule has 0 heterocycles. The van der Waals surface area contributed by atoms with Gasteiger partial charge in [-0.05, 0) is 13.3 Å². The van der Waals surface area contributed by atoms with Gasteiger partial charge < -0.3 is 4.74 Å². The summed E-state index contributed by atoms with van der Waals surface area (Å²) in [6.45, 7) is 3.69. The number of Topliss-reactive ketones (excluding diaryl/α,β-unsaturated/α-hetero) is 1. The topological polar surface area (TPSA) is 43.4 Å². The van der Waals surface area contributed by atoms with Crippen molar-refractivity contribution in [3.8, 4) is 0 Å². The Morgan fingerprint density at radius 3 is 2.50 bits per heavy atom. The molecule has 0 rings (SSSR count). The highest BCUT2D eigenvalue weighted by Gasteiger charge is 2.08. The summed E-state index contributed by atoms with van der Waals surface area (Å²) in [7, 11) is 0. The van der Waals surface area contributed by atoms with Gasteiger partial charge in [-0.1, -0.05) is 22.9 Å². The van der Waals surface area contributed by atoms with Crippen molar-refractivity contribution in [2.24, 2.45) is 5.92 Å². The molecular formula is C8H13BrO3. The largest absolute Gasteiger partial charge is 0.465 e. The number of ether oxygens (including phenoxy) is 1. The van der Waals surface area contributed by atoms with Crippen molar-refractivity contribution in [3.05, 3.63) is 0 Å². The lowest BCUT2D eigenvalue weighted by atomic mass is 10.1. The van der Waals surface area contributed by atoms with Gasteiger partial charge in [0.25, 0.3) is 0 Å². The Morgan fingerprint density at radius 1 is 1.50 bits per heavy atom. The summed E-state index contributed by atoms with van der Waals surface area (Å²) in [4.78, 5) is 21.3. The van der Waals surface area contributed by atoms with Crippen LogP contribution < -0.4 is 0 Å². The second kappa shape index (κ2) is 6.17. The van der Waals surface area contributed by atoms with E-state index < -0.39 is 0 Å². The summed E-state index contributed by atoms with van der Waals surface area (Å²) in [6, 6.07) is 0. The highest BCUT2D eigenvalue weighted by Crippen LogP contribution is 2.03. The van der Waals surface area contributed by atoms with Gasteiger partial charge in [-0.2, -0.15) is 0 Å². The van der Waals surface area contributed by atoms with E-state index in [-0.39, 0.29) is 23.0 Å². The van der Waals surface area contributed by atoms with Crippen LogP contribution >= 0.6 is 15.9 Å². The Hall–Kier alpha value is -0.380. The Kier molecular flexibility index (Phi) is 5.98.